The number of hydrogen-bond donors (Lipinski definition) is 2. The molecule has 2 aliphatic rings. The second-order valence-corrected chi connectivity index (χ2v) is 3.68. The van der Waals surface area contributed by atoms with Gasteiger partial charge in [-0.3, -0.25) is 9.59 Å². The third-order valence-corrected chi connectivity index (χ3v) is 2.96. The van der Waals surface area contributed by atoms with Gasteiger partial charge in [0.25, 0.3) is 5.91 Å². The largest absolute Gasteiger partial charge is 0.481 e. The van der Waals surface area contributed by atoms with Crippen LogP contribution in [-0.2, 0) is 9.59 Å². The van der Waals surface area contributed by atoms with E-state index in [4.69, 9.17) is 10.2 Å². The predicted octanol–water partition coefficient (Wildman–Crippen LogP) is 0.152. The van der Waals surface area contributed by atoms with Crippen LogP contribution in [0, 0.1) is 11.8 Å². The van der Waals surface area contributed by atoms with Gasteiger partial charge in [0.1, 0.15) is 0 Å². The lowest BCUT2D eigenvalue weighted by atomic mass is 9.67. The molecule has 1 fully saturated rings. The normalized spacial score (nSPS) is 33.2. The molecule has 2 N–H and O–H groups in total. The highest BCUT2D eigenvalue weighted by Gasteiger charge is 2.51. The van der Waals surface area contributed by atoms with E-state index in [-0.39, 0.29) is 12.3 Å². The van der Waals surface area contributed by atoms with Crippen molar-refractivity contribution in [3.8, 4) is 0 Å². The van der Waals surface area contributed by atoms with Gasteiger partial charge in [-0.2, -0.15) is 0 Å². The fourth-order valence-electron chi connectivity index (χ4n) is 2.13. The van der Waals surface area contributed by atoms with Crippen LogP contribution in [0.2, 0.25) is 0 Å². The van der Waals surface area contributed by atoms with E-state index >= 15 is 0 Å². The Morgan fingerprint density at radius 1 is 1.40 bits per heavy atom. The Labute approximate surface area is 84.8 Å². The molecule has 6 heteroatoms. The van der Waals surface area contributed by atoms with Crippen LogP contribution in [0.15, 0.2) is 12.2 Å². The van der Waals surface area contributed by atoms with Gasteiger partial charge in [-0.25, -0.2) is 9.69 Å². The van der Waals surface area contributed by atoms with Gasteiger partial charge in [0.15, 0.2) is 0 Å². The van der Waals surface area contributed by atoms with Gasteiger partial charge in [-0.1, -0.05) is 6.08 Å². The van der Waals surface area contributed by atoms with Crippen molar-refractivity contribution in [2.24, 2.45) is 11.8 Å². The number of carbonyl (C=O) groups is 3. The van der Waals surface area contributed by atoms with Gasteiger partial charge in [0, 0.05) is 12.0 Å². The van der Waals surface area contributed by atoms with Crippen molar-refractivity contribution < 1.29 is 24.6 Å². The van der Waals surface area contributed by atoms with Crippen LogP contribution < -0.4 is 0 Å². The van der Waals surface area contributed by atoms with Crippen molar-refractivity contribution in [2.75, 3.05) is 0 Å². The molecular formula is C9H9NO5. The van der Waals surface area contributed by atoms with E-state index in [0.29, 0.717) is 4.90 Å². The first-order valence-corrected chi connectivity index (χ1v) is 4.49. The molecule has 0 aromatic heterocycles. The lowest BCUT2D eigenvalue weighted by molar-refractivity contribution is -0.153. The molecule has 0 radical (unpaired) electrons. The number of amides is 2. The Kier molecular flexibility index (Phi) is 1.99. The summed E-state index contributed by atoms with van der Waals surface area (Å²) in [6.45, 7) is 0. The molecule has 15 heavy (non-hydrogen) atoms. The first-order chi connectivity index (χ1) is 7.02. The molecule has 3 unspecified atom stereocenters. The fraction of sp³-hybridized carbons (Fsp3) is 0.444. The third kappa shape index (κ3) is 1.29. The van der Waals surface area contributed by atoms with Crippen LogP contribution in [0.25, 0.3) is 0 Å². The van der Waals surface area contributed by atoms with Crippen molar-refractivity contribution in [3.63, 3.8) is 0 Å². The smallest absolute Gasteiger partial charge is 0.414 e. The number of rotatable bonds is 1. The maximum atomic E-state index is 11.2. The summed E-state index contributed by atoms with van der Waals surface area (Å²) in [5, 5.41) is 17.6. The molecular weight excluding hydrogens is 202 g/mol. The molecule has 1 aliphatic heterocycles. The van der Waals surface area contributed by atoms with Crippen molar-refractivity contribution in [1.29, 1.82) is 0 Å². The van der Waals surface area contributed by atoms with E-state index in [0.717, 1.165) is 6.08 Å². The molecule has 0 bridgehead atoms. The minimum atomic E-state index is -1.32. The maximum Gasteiger partial charge on any atom is 0.414 e. The van der Waals surface area contributed by atoms with Gasteiger partial charge in [0.05, 0.1) is 12.0 Å². The number of hydrogen-bond acceptors (Lipinski definition) is 3. The van der Waals surface area contributed by atoms with E-state index in [1.54, 1.807) is 0 Å². The topological polar surface area (TPSA) is 94.9 Å². The minimum absolute atomic E-state index is 0.211. The summed E-state index contributed by atoms with van der Waals surface area (Å²) in [5.74, 6) is -2.47. The van der Waals surface area contributed by atoms with Gasteiger partial charge in [0.2, 0.25) is 0 Å². The summed E-state index contributed by atoms with van der Waals surface area (Å²) in [6.07, 6.45) is 1.52. The molecule has 6 nitrogen and oxygen atoms in total. The number of fused-ring (bicyclic) bond motifs is 1. The number of nitrogens with zero attached hydrogens (tertiary/aromatic N) is 1. The standard InChI is InChI=1S/C9H9NO5/c11-7-2-1-4-5(8(12)13)3-6(4)10(7)9(14)15/h1-2,4-6H,3H2,(H,12,13)(H,14,15). The second kappa shape index (κ2) is 3.08. The van der Waals surface area contributed by atoms with E-state index in [1.807, 2.05) is 0 Å². The molecule has 1 heterocycles. The molecule has 1 aliphatic carbocycles. The molecule has 2 rings (SSSR count). The summed E-state index contributed by atoms with van der Waals surface area (Å²) in [7, 11) is 0. The SMILES string of the molecule is O=C(O)C1CC2C1C=CC(=O)N2C(=O)O. The Bertz CT molecular complexity index is 375. The lowest BCUT2D eigenvalue weighted by Crippen LogP contribution is -2.59. The van der Waals surface area contributed by atoms with Gasteiger partial charge in [-0.15, -0.1) is 0 Å². The molecule has 1 saturated carbocycles. The molecule has 0 saturated heterocycles. The number of aliphatic carboxylic acids is 1. The number of carboxylic acid groups (broad SMARTS) is 2. The highest BCUT2D eigenvalue weighted by atomic mass is 16.4. The van der Waals surface area contributed by atoms with Crippen LogP contribution in [0.4, 0.5) is 4.79 Å². The molecule has 80 valence electrons. The lowest BCUT2D eigenvalue weighted by Gasteiger charge is -2.46. The predicted molar refractivity (Wildman–Crippen MR) is 47.0 cm³/mol. The first-order valence-electron chi connectivity index (χ1n) is 4.49. The maximum absolute atomic E-state index is 11.2. The average Bonchev–Trinajstić information content (AvgIpc) is 2.07. The second-order valence-electron chi connectivity index (χ2n) is 3.68. The molecule has 0 aromatic rings. The zero-order valence-electron chi connectivity index (χ0n) is 7.66. The molecule has 0 aromatic carbocycles. The number of carbonyl (C=O) groups excluding carboxylic acids is 1. The first kappa shape index (κ1) is 9.70. The number of imide groups is 1. The minimum Gasteiger partial charge on any atom is -0.481 e. The average molecular weight is 211 g/mol. The summed E-state index contributed by atoms with van der Waals surface area (Å²) in [5.41, 5.74) is 0. The van der Waals surface area contributed by atoms with E-state index in [1.165, 1.54) is 6.08 Å². The summed E-state index contributed by atoms with van der Waals surface area (Å²) >= 11 is 0. The van der Waals surface area contributed by atoms with Crippen LogP contribution in [0.3, 0.4) is 0 Å². The zero-order chi connectivity index (χ0) is 11.2. The van der Waals surface area contributed by atoms with Crippen molar-refractivity contribution in [2.45, 2.75) is 12.5 Å². The van der Waals surface area contributed by atoms with Crippen LogP contribution in [0.1, 0.15) is 6.42 Å². The fourth-order valence-corrected chi connectivity index (χ4v) is 2.13. The molecule has 0 spiro atoms. The molecule has 3 atom stereocenters. The van der Waals surface area contributed by atoms with E-state index < -0.39 is 29.9 Å². The van der Waals surface area contributed by atoms with Gasteiger partial charge >= 0.3 is 12.1 Å². The molecule has 2 amide bonds. The van der Waals surface area contributed by atoms with Crippen LogP contribution in [0.5, 0.6) is 0 Å². The van der Waals surface area contributed by atoms with Crippen molar-refractivity contribution in [1.82, 2.24) is 4.90 Å². The van der Waals surface area contributed by atoms with E-state index in [2.05, 4.69) is 0 Å². The monoisotopic (exact) mass is 211 g/mol. The van der Waals surface area contributed by atoms with Gasteiger partial charge in [-0.05, 0) is 6.42 Å². The van der Waals surface area contributed by atoms with Crippen molar-refractivity contribution in [3.05, 3.63) is 12.2 Å². The zero-order valence-corrected chi connectivity index (χ0v) is 7.66. The highest BCUT2D eigenvalue weighted by Crippen LogP contribution is 2.41. The summed E-state index contributed by atoms with van der Waals surface area (Å²) in [4.78, 5) is 33.4. The Balaban J connectivity index is 2.22. The number of carboxylic acids is 1. The summed E-state index contributed by atoms with van der Waals surface area (Å²) < 4.78 is 0. The Morgan fingerprint density at radius 3 is 2.60 bits per heavy atom. The quantitative estimate of drug-likeness (QED) is 0.643. The third-order valence-electron chi connectivity index (χ3n) is 2.96. The van der Waals surface area contributed by atoms with Crippen LogP contribution in [-0.4, -0.2) is 39.1 Å². The van der Waals surface area contributed by atoms with E-state index in [9.17, 15) is 14.4 Å². The summed E-state index contributed by atoms with van der Waals surface area (Å²) in [6, 6.07) is -0.499. The van der Waals surface area contributed by atoms with Crippen LogP contribution >= 0.6 is 0 Å². The van der Waals surface area contributed by atoms with Crippen molar-refractivity contribution >= 4 is 18.0 Å². The van der Waals surface area contributed by atoms with Gasteiger partial charge < -0.3 is 10.2 Å². The Hall–Kier alpha value is -1.85. The Morgan fingerprint density at radius 2 is 2.07 bits per heavy atom. The highest BCUT2D eigenvalue weighted by molar-refractivity contribution is 6.00.